The van der Waals surface area contributed by atoms with Crippen LogP contribution in [0.15, 0.2) is 12.1 Å². The lowest BCUT2D eigenvalue weighted by molar-refractivity contribution is -0.136. The van der Waals surface area contributed by atoms with Crippen molar-refractivity contribution in [2.75, 3.05) is 13.7 Å². The molecular formula is C17H24O5. The molecule has 0 unspecified atom stereocenters. The monoisotopic (exact) mass is 308 g/mol. The summed E-state index contributed by atoms with van der Waals surface area (Å²) in [5, 5.41) is 8.74. The number of aryl methyl sites for hydroxylation is 1. The number of carbonyl (C=O) groups is 2. The average Bonchev–Trinajstić information content (AvgIpc) is 2.50. The SMILES string of the molecule is CCCOc1cc(C(=O)CCC(=O)O)c(CCC)cc1OC. The number of aliphatic carboxylic acids is 1. The van der Waals surface area contributed by atoms with Crippen LogP contribution in [0.1, 0.15) is 55.5 Å². The highest BCUT2D eigenvalue weighted by atomic mass is 16.5. The van der Waals surface area contributed by atoms with Crippen molar-refractivity contribution >= 4 is 11.8 Å². The third kappa shape index (κ3) is 5.06. The van der Waals surface area contributed by atoms with Gasteiger partial charge < -0.3 is 14.6 Å². The van der Waals surface area contributed by atoms with Gasteiger partial charge in [0.1, 0.15) is 0 Å². The van der Waals surface area contributed by atoms with Gasteiger partial charge in [0.2, 0.25) is 0 Å². The summed E-state index contributed by atoms with van der Waals surface area (Å²) in [5.41, 5.74) is 1.41. The molecular weight excluding hydrogens is 284 g/mol. The number of hydrogen-bond acceptors (Lipinski definition) is 4. The smallest absolute Gasteiger partial charge is 0.303 e. The molecule has 1 rings (SSSR count). The van der Waals surface area contributed by atoms with Crippen LogP contribution < -0.4 is 9.47 Å². The van der Waals surface area contributed by atoms with Gasteiger partial charge in [-0.1, -0.05) is 20.3 Å². The Hall–Kier alpha value is -2.04. The lowest BCUT2D eigenvalue weighted by Gasteiger charge is -2.15. The summed E-state index contributed by atoms with van der Waals surface area (Å²) in [6.45, 7) is 4.56. The van der Waals surface area contributed by atoms with Gasteiger partial charge in [-0.3, -0.25) is 9.59 Å². The number of carboxylic acids is 1. The van der Waals surface area contributed by atoms with E-state index in [4.69, 9.17) is 14.6 Å². The molecule has 0 aromatic heterocycles. The Bertz CT molecular complexity index is 522. The number of Topliss-reactive ketones (excluding diaryl/α,β-unsaturated/α-hetero) is 1. The van der Waals surface area contributed by atoms with Crippen LogP contribution in [0.2, 0.25) is 0 Å². The number of benzene rings is 1. The largest absolute Gasteiger partial charge is 0.493 e. The second-order valence-corrected chi connectivity index (χ2v) is 5.08. The average molecular weight is 308 g/mol. The molecule has 5 nitrogen and oxygen atoms in total. The quantitative estimate of drug-likeness (QED) is 0.670. The molecule has 0 amide bonds. The van der Waals surface area contributed by atoms with E-state index in [2.05, 4.69) is 0 Å². The van der Waals surface area contributed by atoms with Crippen LogP contribution in [0.3, 0.4) is 0 Å². The summed E-state index contributed by atoms with van der Waals surface area (Å²) >= 11 is 0. The second kappa shape index (κ2) is 9.07. The highest BCUT2D eigenvalue weighted by Gasteiger charge is 2.17. The summed E-state index contributed by atoms with van der Waals surface area (Å²) in [6, 6.07) is 3.51. The molecule has 5 heteroatoms. The minimum atomic E-state index is -0.971. The van der Waals surface area contributed by atoms with E-state index < -0.39 is 5.97 Å². The Morgan fingerprint density at radius 1 is 1.09 bits per heavy atom. The maximum absolute atomic E-state index is 12.3. The molecule has 0 aliphatic carbocycles. The maximum atomic E-state index is 12.3. The Morgan fingerprint density at radius 3 is 2.36 bits per heavy atom. The van der Waals surface area contributed by atoms with E-state index in [1.165, 1.54) is 0 Å². The summed E-state index contributed by atoms with van der Waals surface area (Å²) in [6.07, 6.45) is 2.30. The van der Waals surface area contributed by atoms with Crippen LogP contribution in [0, 0.1) is 0 Å². The number of ether oxygens (including phenoxy) is 2. The van der Waals surface area contributed by atoms with Crippen molar-refractivity contribution in [2.45, 2.75) is 46.0 Å². The number of hydrogen-bond donors (Lipinski definition) is 1. The molecule has 0 aliphatic rings. The normalized spacial score (nSPS) is 10.3. The topological polar surface area (TPSA) is 72.8 Å². The fourth-order valence-electron chi connectivity index (χ4n) is 2.18. The number of carboxylic acid groups (broad SMARTS) is 1. The highest BCUT2D eigenvalue weighted by molar-refractivity contribution is 5.99. The highest BCUT2D eigenvalue weighted by Crippen LogP contribution is 2.32. The molecule has 0 aliphatic heterocycles. The van der Waals surface area contributed by atoms with Crippen molar-refractivity contribution in [1.82, 2.24) is 0 Å². The summed E-state index contributed by atoms with van der Waals surface area (Å²) in [7, 11) is 1.57. The van der Waals surface area contributed by atoms with E-state index in [1.54, 1.807) is 13.2 Å². The number of rotatable bonds is 10. The lowest BCUT2D eigenvalue weighted by atomic mass is 9.96. The molecule has 122 valence electrons. The van der Waals surface area contributed by atoms with Crippen molar-refractivity contribution in [3.63, 3.8) is 0 Å². The molecule has 1 aromatic rings. The zero-order chi connectivity index (χ0) is 16.5. The zero-order valence-corrected chi connectivity index (χ0v) is 13.5. The maximum Gasteiger partial charge on any atom is 0.303 e. The van der Waals surface area contributed by atoms with E-state index in [9.17, 15) is 9.59 Å². The summed E-state index contributed by atoms with van der Waals surface area (Å²) in [5.74, 6) is -0.00854. The first-order chi connectivity index (χ1) is 10.5. The number of ketones is 1. The molecule has 0 bridgehead atoms. The standard InChI is InChI=1S/C17H24O5/c1-4-6-12-10-15(21-3)16(22-9-5-2)11-13(12)14(18)7-8-17(19)20/h10-11H,4-9H2,1-3H3,(H,19,20). The lowest BCUT2D eigenvalue weighted by Crippen LogP contribution is -2.09. The van der Waals surface area contributed by atoms with Crippen LogP contribution in [-0.4, -0.2) is 30.6 Å². The fraction of sp³-hybridized carbons (Fsp3) is 0.529. The Morgan fingerprint density at radius 2 is 1.82 bits per heavy atom. The molecule has 22 heavy (non-hydrogen) atoms. The number of methoxy groups -OCH3 is 1. The Labute approximate surface area is 131 Å². The molecule has 1 N–H and O–H groups in total. The zero-order valence-electron chi connectivity index (χ0n) is 13.5. The summed E-state index contributed by atoms with van der Waals surface area (Å²) < 4.78 is 11.0. The molecule has 0 radical (unpaired) electrons. The minimum absolute atomic E-state index is 0.00834. The van der Waals surface area contributed by atoms with Gasteiger partial charge in [0.15, 0.2) is 17.3 Å². The third-order valence-corrected chi connectivity index (χ3v) is 3.24. The minimum Gasteiger partial charge on any atom is -0.493 e. The second-order valence-electron chi connectivity index (χ2n) is 5.08. The predicted octanol–water partition coefficient (Wildman–Crippen LogP) is 3.48. The molecule has 0 fully saturated rings. The van der Waals surface area contributed by atoms with Gasteiger partial charge >= 0.3 is 5.97 Å². The van der Waals surface area contributed by atoms with E-state index in [-0.39, 0.29) is 18.6 Å². The van der Waals surface area contributed by atoms with Gasteiger partial charge in [0.05, 0.1) is 20.1 Å². The van der Waals surface area contributed by atoms with Crippen LogP contribution >= 0.6 is 0 Å². The first-order valence-corrected chi connectivity index (χ1v) is 7.62. The molecule has 0 atom stereocenters. The van der Waals surface area contributed by atoms with Crippen LogP contribution in [0.5, 0.6) is 11.5 Å². The van der Waals surface area contributed by atoms with E-state index >= 15 is 0 Å². The van der Waals surface area contributed by atoms with Gasteiger partial charge in [-0.2, -0.15) is 0 Å². The van der Waals surface area contributed by atoms with E-state index in [1.807, 2.05) is 19.9 Å². The Balaban J connectivity index is 3.14. The third-order valence-electron chi connectivity index (χ3n) is 3.24. The van der Waals surface area contributed by atoms with Gasteiger partial charge in [-0.25, -0.2) is 0 Å². The van der Waals surface area contributed by atoms with Gasteiger partial charge in [0.25, 0.3) is 0 Å². The van der Waals surface area contributed by atoms with Crippen molar-refractivity contribution < 1.29 is 24.2 Å². The van der Waals surface area contributed by atoms with Crippen molar-refractivity contribution in [3.8, 4) is 11.5 Å². The van der Waals surface area contributed by atoms with Crippen molar-refractivity contribution in [2.24, 2.45) is 0 Å². The molecule has 0 saturated carbocycles. The molecule has 0 heterocycles. The number of carbonyl (C=O) groups excluding carboxylic acids is 1. The van der Waals surface area contributed by atoms with Crippen LogP contribution in [0.25, 0.3) is 0 Å². The summed E-state index contributed by atoms with van der Waals surface area (Å²) in [4.78, 5) is 23.0. The van der Waals surface area contributed by atoms with Crippen molar-refractivity contribution in [1.29, 1.82) is 0 Å². The Kier molecular flexibility index (Phi) is 7.43. The van der Waals surface area contributed by atoms with Crippen molar-refractivity contribution in [3.05, 3.63) is 23.3 Å². The van der Waals surface area contributed by atoms with Gasteiger partial charge in [-0.15, -0.1) is 0 Å². The van der Waals surface area contributed by atoms with Gasteiger partial charge in [0, 0.05) is 12.0 Å². The van der Waals surface area contributed by atoms with E-state index in [0.29, 0.717) is 23.7 Å². The van der Waals surface area contributed by atoms with Crippen LogP contribution in [-0.2, 0) is 11.2 Å². The van der Waals surface area contributed by atoms with Gasteiger partial charge in [-0.05, 0) is 30.5 Å². The predicted molar refractivity (Wildman–Crippen MR) is 84.0 cm³/mol. The van der Waals surface area contributed by atoms with Crippen LogP contribution in [0.4, 0.5) is 0 Å². The molecule has 0 saturated heterocycles. The fourth-order valence-corrected chi connectivity index (χ4v) is 2.18. The first-order valence-electron chi connectivity index (χ1n) is 7.62. The van der Waals surface area contributed by atoms with E-state index in [0.717, 1.165) is 24.8 Å². The molecule has 1 aromatic carbocycles. The molecule has 0 spiro atoms. The first kappa shape index (κ1) is 18.0.